The second-order valence-electron chi connectivity index (χ2n) is 11.2. The molecule has 1 aliphatic heterocycles. The van der Waals surface area contributed by atoms with Crippen molar-refractivity contribution in [2.75, 3.05) is 0 Å². The van der Waals surface area contributed by atoms with E-state index >= 15 is 0 Å². The Morgan fingerprint density at radius 2 is 1.16 bits per heavy atom. The number of amides is 4. The van der Waals surface area contributed by atoms with E-state index in [1.807, 2.05) is 66.7 Å². The van der Waals surface area contributed by atoms with Crippen molar-refractivity contribution < 1.29 is 19.2 Å². The molecule has 44 heavy (non-hydrogen) atoms. The van der Waals surface area contributed by atoms with Gasteiger partial charge in [0, 0.05) is 16.5 Å². The quantitative estimate of drug-likeness (QED) is 0.167. The summed E-state index contributed by atoms with van der Waals surface area (Å²) in [5, 5.41) is 0. The molecule has 3 atom stereocenters. The molecular formula is C34H24BrCl2N3O4. The summed E-state index contributed by atoms with van der Waals surface area (Å²) in [5.41, 5.74) is 8.58. The third kappa shape index (κ3) is 4.08. The van der Waals surface area contributed by atoms with Crippen LogP contribution in [0.1, 0.15) is 38.2 Å². The highest BCUT2D eigenvalue weighted by atomic mass is 79.9. The number of halogens is 3. The van der Waals surface area contributed by atoms with Crippen LogP contribution in [-0.4, -0.2) is 34.6 Å². The molecule has 0 unspecified atom stereocenters. The van der Waals surface area contributed by atoms with Crippen LogP contribution in [0.3, 0.4) is 0 Å². The van der Waals surface area contributed by atoms with Gasteiger partial charge in [0.2, 0.25) is 11.8 Å². The van der Waals surface area contributed by atoms with E-state index in [2.05, 4.69) is 26.8 Å². The van der Waals surface area contributed by atoms with Crippen LogP contribution in [-0.2, 0) is 30.6 Å². The minimum Gasteiger partial charge on any atom is -0.274 e. The van der Waals surface area contributed by atoms with Crippen molar-refractivity contribution in [3.8, 4) is 0 Å². The van der Waals surface area contributed by atoms with Crippen molar-refractivity contribution >= 4 is 62.8 Å². The molecule has 4 amide bonds. The average Bonchev–Trinajstić information content (AvgIpc) is 3.32. The van der Waals surface area contributed by atoms with Crippen LogP contribution in [0.5, 0.6) is 0 Å². The molecule has 8 rings (SSSR count). The molecule has 0 saturated carbocycles. The van der Waals surface area contributed by atoms with Crippen LogP contribution in [0.2, 0.25) is 0 Å². The van der Waals surface area contributed by atoms with Crippen molar-refractivity contribution in [2.24, 2.45) is 11.8 Å². The number of imide groups is 1. The smallest absolute Gasteiger partial charge is 0.269 e. The minimum absolute atomic E-state index is 0.0161. The van der Waals surface area contributed by atoms with Gasteiger partial charge in [-0.2, -0.15) is 0 Å². The molecule has 7 nitrogen and oxygen atoms in total. The van der Waals surface area contributed by atoms with E-state index in [-0.39, 0.29) is 6.42 Å². The lowest BCUT2D eigenvalue weighted by atomic mass is 9.54. The van der Waals surface area contributed by atoms with Gasteiger partial charge in [0.05, 0.1) is 11.8 Å². The number of nitrogens with zero attached hydrogens (tertiary/aromatic N) is 1. The summed E-state index contributed by atoms with van der Waals surface area (Å²) in [6.45, 7) is 0. The maximum absolute atomic E-state index is 14.5. The number of likely N-dealkylation sites (tertiary alicyclic amines) is 1. The van der Waals surface area contributed by atoms with Gasteiger partial charge in [-0.25, -0.2) is 0 Å². The molecule has 4 aliphatic rings. The van der Waals surface area contributed by atoms with E-state index in [4.69, 9.17) is 23.2 Å². The van der Waals surface area contributed by atoms with Gasteiger partial charge in [0.1, 0.15) is 15.8 Å². The largest absolute Gasteiger partial charge is 0.274 e. The number of benzene rings is 4. The SMILES string of the molecule is O=C(NNC(=O)[C@H](Cc1ccccc1)N1C(=O)[C@H]2[C@H](C1=O)C1(Cl)c3ccccc3C2(Cl)c2ccccc21)c1ccc(Br)cc1. The van der Waals surface area contributed by atoms with Gasteiger partial charge in [0.25, 0.3) is 11.8 Å². The first-order valence-electron chi connectivity index (χ1n) is 14.0. The van der Waals surface area contributed by atoms with Gasteiger partial charge < -0.3 is 0 Å². The van der Waals surface area contributed by atoms with Gasteiger partial charge in [-0.15, -0.1) is 23.2 Å². The first-order valence-corrected chi connectivity index (χ1v) is 15.6. The zero-order valence-electron chi connectivity index (χ0n) is 23.0. The molecule has 2 N–H and O–H groups in total. The lowest BCUT2D eigenvalue weighted by Crippen LogP contribution is -2.57. The molecule has 4 aromatic carbocycles. The maximum Gasteiger partial charge on any atom is 0.269 e. The van der Waals surface area contributed by atoms with Crippen molar-refractivity contribution in [1.29, 1.82) is 0 Å². The summed E-state index contributed by atoms with van der Waals surface area (Å²) in [4.78, 5) is 54.0. The highest BCUT2D eigenvalue weighted by Crippen LogP contribution is 2.69. The Labute approximate surface area is 271 Å². The van der Waals surface area contributed by atoms with E-state index in [0.29, 0.717) is 27.8 Å². The molecule has 1 fully saturated rings. The van der Waals surface area contributed by atoms with Crippen LogP contribution in [0.15, 0.2) is 108 Å². The molecule has 10 heteroatoms. The normalized spacial score (nSPS) is 25.1. The summed E-state index contributed by atoms with van der Waals surface area (Å²) in [6, 6.07) is 29.1. The second-order valence-corrected chi connectivity index (χ2v) is 13.3. The first-order chi connectivity index (χ1) is 21.2. The topological polar surface area (TPSA) is 95.6 Å². The Morgan fingerprint density at radius 3 is 1.64 bits per heavy atom. The number of nitrogens with one attached hydrogen (secondary N) is 2. The fourth-order valence-electron chi connectivity index (χ4n) is 7.01. The molecule has 220 valence electrons. The summed E-state index contributed by atoms with van der Waals surface area (Å²) < 4.78 is 0.793. The Morgan fingerprint density at radius 1 is 0.705 bits per heavy atom. The van der Waals surface area contributed by atoms with Gasteiger partial charge in [-0.1, -0.05) is 94.8 Å². The molecule has 2 bridgehead atoms. The summed E-state index contributed by atoms with van der Waals surface area (Å²) in [5.74, 6) is -4.56. The van der Waals surface area contributed by atoms with Gasteiger partial charge in [-0.05, 0) is 52.1 Å². The van der Waals surface area contributed by atoms with Crippen molar-refractivity contribution in [3.63, 3.8) is 0 Å². The lowest BCUT2D eigenvalue weighted by molar-refractivity contribution is -0.148. The Kier molecular flexibility index (Phi) is 6.92. The Bertz CT molecular complexity index is 1730. The van der Waals surface area contributed by atoms with Gasteiger partial charge in [-0.3, -0.25) is 34.9 Å². The van der Waals surface area contributed by atoms with Crippen molar-refractivity contribution in [2.45, 2.75) is 22.2 Å². The summed E-state index contributed by atoms with van der Waals surface area (Å²) in [7, 11) is 0. The fourth-order valence-corrected chi connectivity index (χ4v) is 8.37. The van der Waals surface area contributed by atoms with Crippen LogP contribution < -0.4 is 10.9 Å². The van der Waals surface area contributed by atoms with Gasteiger partial charge >= 0.3 is 0 Å². The average molecular weight is 689 g/mol. The van der Waals surface area contributed by atoms with Crippen molar-refractivity contribution in [3.05, 3.63) is 141 Å². The lowest BCUT2D eigenvalue weighted by Gasteiger charge is -2.54. The zero-order valence-corrected chi connectivity index (χ0v) is 26.1. The number of hydrazine groups is 1. The third-order valence-electron chi connectivity index (χ3n) is 8.91. The predicted octanol–water partition coefficient (Wildman–Crippen LogP) is 5.41. The van der Waals surface area contributed by atoms with E-state index in [1.54, 1.807) is 36.4 Å². The second kappa shape index (κ2) is 10.6. The summed E-state index contributed by atoms with van der Waals surface area (Å²) in [6.07, 6.45) is 0.0161. The Balaban J connectivity index is 1.28. The highest BCUT2D eigenvalue weighted by molar-refractivity contribution is 9.10. The molecule has 4 aromatic rings. The number of alkyl halides is 2. The molecule has 0 aromatic heterocycles. The zero-order chi connectivity index (χ0) is 30.8. The molecule has 0 radical (unpaired) electrons. The van der Waals surface area contributed by atoms with E-state index in [0.717, 1.165) is 14.9 Å². The predicted molar refractivity (Wildman–Crippen MR) is 169 cm³/mol. The number of carbonyl (C=O) groups is 4. The van der Waals surface area contributed by atoms with E-state index < -0.39 is 51.3 Å². The fraction of sp³-hybridized carbons (Fsp3) is 0.176. The van der Waals surface area contributed by atoms with E-state index in [1.165, 1.54) is 0 Å². The van der Waals surface area contributed by atoms with Crippen molar-refractivity contribution in [1.82, 2.24) is 15.8 Å². The van der Waals surface area contributed by atoms with E-state index in [9.17, 15) is 19.2 Å². The number of hydrogen-bond acceptors (Lipinski definition) is 4. The maximum atomic E-state index is 14.5. The monoisotopic (exact) mass is 687 g/mol. The first kappa shape index (κ1) is 28.8. The highest BCUT2D eigenvalue weighted by Gasteiger charge is 2.73. The molecule has 0 spiro atoms. The summed E-state index contributed by atoms with van der Waals surface area (Å²) >= 11 is 18.4. The number of hydrogen-bond donors (Lipinski definition) is 2. The minimum atomic E-state index is -1.38. The number of carbonyl (C=O) groups excluding carboxylic acids is 4. The number of rotatable bonds is 5. The molecule has 1 heterocycles. The molecule has 1 saturated heterocycles. The Hall–Kier alpha value is -3.98. The van der Waals surface area contributed by atoms with Crippen LogP contribution in [0.4, 0.5) is 0 Å². The van der Waals surface area contributed by atoms with Gasteiger partial charge in [0.15, 0.2) is 0 Å². The molecular weight excluding hydrogens is 665 g/mol. The molecule has 3 aliphatic carbocycles. The van der Waals surface area contributed by atoms with Crippen LogP contribution in [0, 0.1) is 11.8 Å². The van der Waals surface area contributed by atoms with Crippen LogP contribution in [0.25, 0.3) is 0 Å². The standard InChI is InChI=1S/C34H24BrCl2N3O4/c35-21-16-14-20(15-17-21)29(41)38-39-30(42)26(18-19-8-2-1-3-9-19)40-31(43)27-28(32(40)44)34(37)23-11-5-4-10-22(23)33(27,36)24-12-6-7-13-25(24)34/h1-17,26-28H,18H2,(H,38,41)(H,39,42)/t26-,27+,28+,33?,34?/m0/s1. The van der Waals surface area contributed by atoms with Crippen LogP contribution >= 0.6 is 39.1 Å². The third-order valence-corrected chi connectivity index (χ3v) is 10.7.